The molecule has 0 aliphatic heterocycles. The van der Waals surface area contributed by atoms with E-state index in [0.29, 0.717) is 6.20 Å². The van der Waals surface area contributed by atoms with E-state index >= 15 is 0 Å². The van der Waals surface area contributed by atoms with Crippen LogP contribution in [0.3, 0.4) is 0 Å². The van der Waals surface area contributed by atoms with Crippen molar-refractivity contribution in [3.63, 3.8) is 0 Å². The lowest BCUT2D eigenvalue weighted by Crippen LogP contribution is -2.33. The second-order valence-electron chi connectivity index (χ2n) is 2.77. The lowest BCUT2D eigenvalue weighted by atomic mass is 10.5. The van der Waals surface area contributed by atoms with Gasteiger partial charge in [-0.3, -0.25) is 0 Å². The molecule has 1 heterocycles. The molecule has 0 spiro atoms. The van der Waals surface area contributed by atoms with Gasteiger partial charge in [0.2, 0.25) is 0 Å². The van der Waals surface area contributed by atoms with Gasteiger partial charge in [-0.2, -0.15) is 26.3 Å². The van der Waals surface area contributed by atoms with E-state index in [-0.39, 0.29) is 12.4 Å². The van der Waals surface area contributed by atoms with E-state index in [4.69, 9.17) is 0 Å². The average molecular weight is 258 g/mol. The van der Waals surface area contributed by atoms with E-state index in [2.05, 4.69) is 4.98 Å². The maximum Gasteiger partial charge on any atom is 0.432 e. The molecule has 0 aliphatic carbocycles. The summed E-state index contributed by atoms with van der Waals surface area (Å²) in [5.41, 5.74) is -1.02. The molecular formula is C6H9F3N4O2S. The Balaban J connectivity index is 2.67. The normalized spacial score (nSPS) is 13.0. The number of imidazole rings is 1. The van der Waals surface area contributed by atoms with Gasteiger partial charge in [-0.15, -0.1) is 0 Å². The first kappa shape index (κ1) is 12.9. The third kappa shape index (κ3) is 3.47. The number of nitrogens with zero attached hydrogens (tertiary/aromatic N) is 1. The van der Waals surface area contributed by atoms with Gasteiger partial charge in [0.15, 0.2) is 0 Å². The number of hydrogen-bond donors (Lipinski definition) is 3. The van der Waals surface area contributed by atoms with Crippen LogP contribution in [0.4, 0.5) is 13.2 Å². The minimum Gasteiger partial charge on any atom is -0.337 e. The number of aromatic amines is 1. The van der Waals surface area contributed by atoms with Crippen molar-refractivity contribution in [2.45, 2.75) is 12.7 Å². The Labute approximate surface area is 89.4 Å². The largest absolute Gasteiger partial charge is 0.432 e. The van der Waals surface area contributed by atoms with Gasteiger partial charge in [-0.25, -0.2) is 9.71 Å². The maximum atomic E-state index is 12.1. The van der Waals surface area contributed by atoms with Crippen molar-refractivity contribution in [3.05, 3.63) is 17.7 Å². The molecule has 92 valence electrons. The molecular weight excluding hydrogens is 249 g/mol. The Hall–Kier alpha value is -1.13. The Bertz CT molecular complexity index is 453. The van der Waals surface area contributed by atoms with Crippen LogP contribution in [0.2, 0.25) is 0 Å². The first-order valence-electron chi connectivity index (χ1n) is 4.04. The predicted octanol–water partition coefficient (Wildman–Crippen LogP) is -0.0177. The third-order valence-corrected chi connectivity index (χ3v) is 2.69. The standard InChI is InChI=1S/C6H9F3N4O2S/c1-10-16(14,15)12-3-5-11-2-4(13-5)6(7,8)9/h2,10,12H,3H2,1H3,(H,11,13). The van der Waals surface area contributed by atoms with E-state index in [0.717, 1.165) is 0 Å². The van der Waals surface area contributed by atoms with Gasteiger partial charge in [0, 0.05) is 7.05 Å². The van der Waals surface area contributed by atoms with Crippen LogP contribution in [-0.2, 0) is 22.9 Å². The second kappa shape index (κ2) is 4.39. The predicted molar refractivity (Wildman–Crippen MR) is 48.4 cm³/mol. The highest BCUT2D eigenvalue weighted by Gasteiger charge is 2.32. The molecule has 1 rings (SSSR count). The molecule has 0 radical (unpaired) electrons. The summed E-state index contributed by atoms with van der Waals surface area (Å²) in [6, 6.07) is 0. The molecule has 0 atom stereocenters. The summed E-state index contributed by atoms with van der Waals surface area (Å²) in [5.74, 6) is -0.119. The Morgan fingerprint density at radius 3 is 2.56 bits per heavy atom. The quantitative estimate of drug-likeness (QED) is 0.709. The van der Waals surface area contributed by atoms with Crippen LogP contribution in [0.25, 0.3) is 0 Å². The zero-order valence-corrected chi connectivity index (χ0v) is 8.91. The number of rotatable bonds is 4. The van der Waals surface area contributed by atoms with Gasteiger partial charge in [-0.1, -0.05) is 0 Å². The minimum atomic E-state index is -4.52. The van der Waals surface area contributed by atoms with Gasteiger partial charge in [-0.05, 0) is 0 Å². The van der Waals surface area contributed by atoms with Crippen LogP contribution < -0.4 is 9.44 Å². The van der Waals surface area contributed by atoms with Crippen LogP contribution in [0.1, 0.15) is 11.5 Å². The van der Waals surface area contributed by atoms with Crippen molar-refractivity contribution in [1.29, 1.82) is 0 Å². The molecule has 0 aromatic carbocycles. The Morgan fingerprint density at radius 2 is 2.12 bits per heavy atom. The summed E-state index contributed by atoms with van der Waals surface area (Å²) < 4.78 is 62.1. The molecule has 6 nitrogen and oxygen atoms in total. The molecule has 0 bridgehead atoms. The van der Waals surface area contributed by atoms with Gasteiger partial charge in [0.05, 0.1) is 12.7 Å². The lowest BCUT2D eigenvalue weighted by Gasteiger charge is -2.03. The van der Waals surface area contributed by atoms with E-state index < -0.39 is 22.1 Å². The van der Waals surface area contributed by atoms with Crippen molar-refractivity contribution >= 4 is 10.2 Å². The molecule has 0 aliphatic rings. The van der Waals surface area contributed by atoms with Crippen molar-refractivity contribution in [3.8, 4) is 0 Å². The molecule has 0 saturated heterocycles. The monoisotopic (exact) mass is 258 g/mol. The van der Waals surface area contributed by atoms with Crippen molar-refractivity contribution in [2.24, 2.45) is 0 Å². The zero-order chi connectivity index (χ0) is 12.4. The van der Waals surface area contributed by atoms with Gasteiger partial charge >= 0.3 is 6.18 Å². The molecule has 10 heteroatoms. The summed E-state index contributed by atoms with van der Waals surface area (Å²) in [6.45, 7) is -0.348. The van der Waals surface area contributed by atoms with E-state index in [9.17, 15) is 21.6 Å². The number of aromatic nitrogens is 2. The lowest BCUT2D eigenvalue weighted by molar-refractivity contribution is -0.140. The Morgan fingerprint density at radius 1 is 1.50 bits per heavy atom. The SMILES string of the molecule is CNS(=O)(=O)NCc1ncc(C(F)(F)F)[nH]1. The minimum absolute atomic E-state index is 0.119. The zero-order valence-electron chi connectivity index (χ0n) is 8.09. The highest BCUT2D eigenvalue weighted by atomic mass is 32.2. The summed E-state index contributed by atoms with van der Waals surface area (Å²) in [4.78, 5) is 5.35. The summed E-state index contributed by atoms with van der Waals surface area (Å²) in [7, 11) is -2.51. The number of halogens is 3. The smallest absolute Gasteiger partial charge is 0.337 e. The fourth-order valence-electron chi connectivity index (χ4n) is 0.832. The van der Waals surface area contributed by atoms with Crippen LogP contribution in [0.5, 0.6) is 0 Å². The molecule has 0 fully saturated rings. The number of alkyl halides is 3. The number of nitrogens with one attached hydrogen (secondary N) is 3. The first-order chi connectivity index (χ1) is 7.24. The van der Waals surface area contributed by atoms with Crippen LogP contribution in [0.15, 0.2) is 6.20 Å². The van der Waals surface area contributed by atoms with Crippen molar-refractivity contribution in [1.82, 2.24) is 19.4 Å². The van der Waals surface area contributed by atoms with Crippen LogP contribution in [0, 0.1) is 0 Å². The highest BCUT2D eigenvalue weighted by Crippen LogP contribution is 2.27. The Kier molecular flexibility index (Phi) is 3.55. The summed E-state index contributed by atoms with van der Waals surface area (Å²) in [5, 5.41) is 0. The van der Waals surface area contributed by atoms with Gasteiger partial charge < -0.3 is 4.98 Å². The van der Waals surface area contributed by atoms with Gasteiger partial charge in [0.25, 0.3) is 10.2 Å². The fraction of sp³-hybridized carbons (Fsp3) is 0.500. The maximum absolute atomic E-state index is 12.1. The molecule has 0 amide bonds. The fourth-order valence-corrected chi connectivity index (χ4v) is 1.30. The average Bonchev–Trinajstić information content (AvgIpc) is 2.63. The van der Waals surface area contributed by atoms with Gasteiger partial charge in [0.1, 0.15) is 11.5 Å². The molecule has 0 saturated carbocycles. The molecule has 3 N–H and O–H groups in total. The molecule has 1 aromatic heterocycles. The second-order valence-corrected chi connectivity index (χ2v) is 4.47. The highest BCUT2D eigenvalue weighted by molar-refractivity contribution is 7.87. The van der Waals surface area contributed by atoms with Crippen LogP contribution >= 0.6 is 0 Å². The molecule has 1 aromatic rings. The van der Waals surface area contributed by atoms with Crippen LogP contribution in [-0.4, -0.2) is 25.4 Å². The van der Waals surface area contributed by atoms with E-state index in [1.54, 1.807) is 0 Å². The van der Waals surface area contributed by atoms with Crippen molar-refractivity contribution < 1.29 is 21.6 Å². The van der Waals surface area contributed by atoms with E-state index in [1.165, 1.54) is 7.05 Å². The van der Waals surface area contributed by atoms with E-state index in [1.807, 2.05) is 14.4 Å². The first-order valence-corrected chi connectivity index (χ1v) is 5.52. The summed E-state index contributed by atoms with van der Waals surface area (Å²) in [6.07, 6.45) is -3.92. The summed E-state index contributed by atoms with van der Waals surface area (Å²) >= 11 is 0. The van der Waals surface area contributed by atoms with Crippen molar-refractivity contribution in [2.75, 3.05) is 7.05 Å². The number of hydrogen-bond acceptors (Lipinski definition) is 3. The topological polar surface area (TPSA) is 86.9 Å². The number of H-pyrrole nitrogens is 1. The third-order valence-electron chi connectivity index (χ3n) is 1.63. The molecule has 16 heavy (non-hydrogen) atoms. The molecule has 0 unspecified atom stereocenters.